The van der Waals surface area contributed by atoms with Crippen LogP contribution < -0.4 is 11.2 Å². The summed E-state index contributed by atoms with van der Waals surface area (Å²) < 4.78 is 1.07. The van der Waals surface area contributed by atoms with Gasteiger partial charge < -0.3 is 15.0 Å². The molecule has 2 N–H and O–H groups in total. The van der Waals surface area contributed by atoms with Crippen molar-refractivity contribution < 1.29 is 14.7 Å². The Bertz CT molecular complexity index is 928. The Morgan fingerprint density at radius 1 is 1.28 bits per heavy atom. The van der Waals surface area contributed by atoms with E-state index in [0.717, 1.165) is 4.57 Å². The number of nitrogens with one attached hydrogen (secondary N) is 1. The summed E-state index contributed by atoms with van der Waals surface area (Å²) in [4.78, 5) is 51.8. The number of carbonyl (C=O) groups is 2. The van der Waals surface area contributed by atoms with Crippen LogP contribution >= 0.6 is 0 Å². The fourth-order valence-electron chi connectivity index (χ4n) is 2.63. The van der Waals surface area contributed by atoms with Crippen LogP contribution in [0.15, 0.2) is 27.8 Å². The monoisotopic (exact) mass is 347 g/mol. The number of aromatic nitrogens is 2. The molecule has 0 aliphatic carbocycles. The second kappa shape index (κ2) is 7.33. The summed E-state index contributed by atoms with van der Waals surface area (Å²) >= 11 is 0. The van der Waals surface area contributed by atoms with Gasteiger partial charge in [-0.1, -0.05) is 6.92 Å². The highest BCUT2D eigenvalue weighted by Crippen LogP contribution is 2.14. The van der Waals surface area contributed by atoms with Crippen molar-refractivity contribution in [3.8, 4) is 0 Å². The van der Waals surface area contributed by atoms with Gasteiger partial charge in [-0.3, -0.25) is 19.0 Å². The van der Waals surface area contributed by atoms with E-state index in [9.17, 15) is 19.2 Å². The third-order valence-electron chi connectivity index (χ3n) is 4.23. The first-order valence-corrected chi connectivity index (χ1v) is 8.09. The highest BCUT2D eigenvalue weighted by molar-refractivity contribution is 5.99. The number of hydrogen-bond donors (Lipinski definition) is 2. The van der Waals surface area contributed by atoms with Gasteiger partial charge in [-0.2, -0.15) is 0 Å². The second-order valence-corrected chi connectivity index (χ2v) is 5.82. The molecule has 134 valence electrons. The van der Waals surface area contributed by atoms with Crippen molar-refractivity contribution in [2.24, 2.45) is 0 Å². The van der Waals surface area contributed by atoms with E-state index < -0.39 is 29.7 Å². The topological polar surface area (TPSA) is 112 Å². The smallest absolute Gasteiger partial charge is 0.328 e. The van der Waals surface area contributed by atoms with Crippen molar-refractivity contribution >= 4 is 22.8 Å². The Morgan fingerprint density at radius 3 is 2.52 bits per heavy atom. The fraction of sp³-hybridized carbons (Fsp3) is 0.412. The number of rotatable bonds is 6. The molecular weight excluding hydrogens is 326 g/mol. The second-order valence-electron chi connectivity index (χ2n) is 5.82. The third-order valence-corrected chi connectivity index (χ3v) is 4.23. The van der Waals surface area contributed by atoms with E-state index in [4.69, 9.17) is 5.11 Å². The number of carboxylic acids is 1. The standard InChI is InChI=1S/C17H21N3O5/c1-4-10(3)20(9-14(21)22)15(23)11-6-7-12-13(8-11)18-17(25)19(5-2)16(12)24/h6-8,10H,4-5,9H2,1-3H3,(H,18,25)(H,21,22). The zero-order valence-electron chi connectivity index (χ0n) is 14.4. The molecule has 2 aromatic rings. The summed E-state index contributed by atoms with van der Waals surface area (Å²) in [6.45, 7) is 5.14. The van der Waals surface area contributed by atoms with Gasteiger partial charge in [-0.05, 0) is 38.5 Å². The normalized spacial score (nSPS) is 12.1. The maximum atomic E-state index is 12.7. The number of H-pyrrole nitrogens is 1. The minimum absolute atomic E-state index is 0.221. The molecule has 1 atom stereocenters. The molecule has 1 heterocycles. The van der Waals surface area contributed by atoms with E-state index in [1.54, 1.807) is 13.8 Å². The SMILES string of the molecule is CCC(C)N(CC(=O)O)C(=O)c1ccc2c(=O)n(CC)c(=O)[nH]c2c1. The Labute approximate surface area is 143 Å². The minimum Gasteiger partial charge on any atom is -0.480 e. The molecule has 0 bridgehead atoms. The molecule has 8 nitrogen and oxygen atoms in total. The number of hydrogen-bond acceptors (Lipinski definition) is 4. The number of fused-ring (bicyclic) bond motifs is 1. The fourth-order valence-corrected chi connectivity index (χ4v) is 2.63. The molecule has 0 saturated heterocycles. The first-order chi connectivity index (χ1) is 11.8. The summed E-state index contributed by atoms with van der Waals surface area (Å²) in [5.41, 5.74) is -0.498. The minimum atomic E-state index is -1.10. The number of carboxylic acid groups (broad SMARTS) is 1. The number of nitrogens with zero attached hydrogens (tertiary/aromatic N) is 2. The van der Waals surface area contributed by atoms with Crippen LogP contribution in [0.2, 0.25) is 0 Å². The predicted molar refractivity (Wildman–Crippen MR) is 92.9 cm³/mol. The van der Waals surface area contributed by atoms with E-state index in [-0.39, 0.29) is 23.7 Å². The first-order valence-electron chi connectivity index (χ1n) is 8.09. The van der Waals surface area contributed by atoms with Crippen molar-refractivity contribution in [3.05, 3.63) is 44.6 Å². The van der Waals surface area contributed by atoms with Crippen LogP contribution in [-0.4, -0.2) is 44.0 Å². The Morgan fingerprint density at radius 2 is 1.96 bits per heavy atom. The maximum Gasteiger partial charge on any atom is 0.328 e. The van der Waals surface area contributed by atoms with Gasteiger partial charge in [0.15, 0.2) is 0 Å². The largest absolute Gasteiger partial charge is 0.480 e. The van der Waals surface area contributed by atoms with Gasteiger partial charge in [0.1, 0.15) is 6.54 Å². The van der Waals surface area contributed by atoms with Gasteiger partial charge in [-0.25, -0.2) is 4.79 Å². The summed E-state index contributed by atoms with van der Waals surface area (Å²) in [6.07, 6.45) is 0.602. The van der Waals surface area contributed by atoms with Gasteiger partial charge >= 0.3 is 11.7 Å². The van der Waals surface area contributed by atoms with E-state index in [1.807, 2.05) is 6.92 Å². The van der Waals surface area contributed by atoms with Crippen molar-refractivity contribution in [1.29, 1.82) is 0 Å². The van der Waals surface area contributed by atoms with Crippen LogP contribution in [0.25, 0.3) is 10.9 Å². The molecule has 0 spiro atoms. The maximum absolute atomic E-state index is 12.7. The highest BCUT2D eigenvalue weighted by Gasteiger charge is 2.23. The molecule has 1 amide bonds. The molecular formula is C17H21N3O5. The summed E-state index contributed by atoms with van der Waals surface area (Å²) in [7, 11) is 0. The van der Waals surface area contributed by atoms with Gasteiger partial charge in [0.25, 0.3) is 11.5 Å². The molecule has 2 rings (SSSR count). The number of aliphatic carboxylic acids is 1. The lowest BCUT2D eigenvalue weighted by Crippen LogP contribution is -2.42. The summed E-state index contributed by atoms with van der Waals surface area (Å²) in [5.74, 6) is -1.56. The highest BCUT2D eigenvalue weighted by atomic mass is 16.4. The van der Waals surface area contributed by atoms with Crippen LogP contribution in [-0.2, 0) is 11.3 Å². The molecule has 8 heteroatoms. The lowest BCUT2D eigenvalue weighted by Gasteiger charge is -2.27. The lowest BCUT2D eigenvalue weighted by atomic mass is 10.1. The zero-order valence-corrected chi connectivity index (χ0v) is 14.4. The number of aromatic amines is 1. The Hall–Kier alpha value is -2.90. The molecule has 0 aliphatic rings. The molecule has 0 radical (unpaired) electrons. The van der Waals surface area contributed by atoms with Gasteiger partial charge in [0, 0.05) is 18.2 Å². The quantitative estimate of drug-likeness (QED) is 0.810. The molecule has 1 aromatic heterocycles. The van der Waals surface area contributed by atoms with E-state index in [1.165, 1.54) is 23.1 Å². The van der Waals surface area contributed by atoms with Crippen LogP contribution in [0, 0.1) is 0 Å². The van der Waals surface area contributed by atoms with Crippen LogP contribution in [0.1, 0.15) is 37.6 Å². The van der Waals surface area contributed by atoms with Gasteiger partial charge in [0.05, 0.1) is 10.9 Å². The average molecular weight is 347 g/mol. The average Bonchev–Trinajstić information content (AvgIpc) is 2.58. The molecule has 0 fully saturated rings. The zero-order chi connectivity index (χ0) is 18.7. The first kappa shape index (κ1) is 18.4. The predicted octanol–water partition coefficient (Wildman–Crippen LogP) is 1.04. The van der Waals surface area contributed by atoms with Crippen LogP contribution in [0.3, 0.4) is 0 Å². The van der Waals surface area contributed by atoms with E-state index >= 15 is 0 Å². The molecule has 0 aliphatic heterocycles. The lowest BCUT2D eigenvalue weighted by molar-refractivity contribution is -0.138. The number of carbonyl (C=O) groups excluding carboxylic acids is 1. The number of amides is 1. The van der Waals surface area contributed by atoms with Gasteiger partial charge in [-0.15, -0.1) is 0 Å². The van der Waals surface area contributed by atoms with Crippen molar-refractivity contribution in [2.45, 2.75) is 39.8 Å². The Balaban J connectivity index is 2.53. The van der Waals surface area contributed by atoms with Crippen molar-refractivity contribution in [3.63, 3.8) is 0 Å². The van der Waals surface area contributed by atoms with Crippen LogP contribution in [0.4, 0.5) is 0 Å². The molecule has 0 saturated carbocycles. The van der Waals surface area contributed by atoms with Crippen molar-refractivity contribution in [2.75, 3.05) is 6.54 Å². The molecule has 1 aromatic carbocycles. The summed E-state index contributed by atoms with van der Waals surface area (Å²) in [6, 6.07) is 4.11. The van der Waals surface area contributed by atoms with E-state index in [0.29, 0.717) is 11.8 Å². The van der Waals surface area contributed by atoms with E-state index in [2.05, 4.69) is 4.98 Å². The van der Waals surface area contributed by atoms with Gasteiger partial charge in [0.2, 0.25) is 0 Å². The molecule has 1 unspecified atom stereocenters. The van der Waals surface area contributed by atoms with Crippen LogP contribution in [0.5, 0.6) is 0 Å². The Kier molecular flexibility index (Phi) is 5.41. The molecule has 25 heavy (non-hydrogen) atoms. The van der Waals surface area contributed by atoms with Crippen molar-refractivity contribution in [1.82, 2.24) is 14.5 Å². The number of benzene rings is 1. The third kappa shape index (κ3) is 3.62. The summed E-state index contributed by atoms with van der Waals surface area (Å²) in [5, 5.41) is 9.34.